The Balaban J connectivity index is 1.84. The van der Waals surface area contributed by atoms with Crippen LogP contribution in [0, 0.1) is 5.41 Å². The van der Waals surface area contributed by atoms with Crippen LogP contribution in [-0.4, -0.2) is 27.9 Å². The Kier molecular flexibility index (Phi) is 2.58. The Hall–Kier alpha value is -1.10. The van der Waals surface area contributed by atoms with Crippen LogP contribution in [0.15, 0.2) is 0 Å². The van der Waals surface area contributed by atoms with Gasteiger partial charge in [0.05, 0.1) is 6.04 Å². The van der Waals surface area contributed by atoms with Crippen molar-refractivity contribution in [3.63, 3.8) is 0 Å². The molecule has 1 aliphatic heterocycles. The van der Waals surface area contributed by atoms with Gasteiger partial charge in [-0.2, -0.15) is 10.1 Å². The molecule has 94 valence electrons. The van der Waals surface area contributed by atoms with Crippen molar-refractivity contribution in [2.45, 2.75) is 45.1 Å². The van der Waals surface area contributed by atoms with Crippen molar-refractivity contribution in [3.8, 4) is 0 Å². The molecule has 0 saturated heterocycles. The lowest BCUT2D eigenvalue weighted by Gasteiger charge is -2.29. The number of fused-ring (bicyclic) bond motifs is 1. The van der Waals surface area contributed by atoms with E-state index in [0.29, 0.717) is 18.0 Å². The van der Waals surface area contributed by atoms with Crippen LogP contribution in [0.1, 0.15) is 44.5 Å². The largest absolute Gasteiger partial charge is 0.354 e. The van der Waals surface area contributed by atoms with E-state index in [-0.39, 0.29) is 0 Å². The van der Waals surface area contributed by atoms with E-state index in [1.54, 1.807) is 0 Å². The van der Waals surface area contributed by atoms with E-state index in [2.05, 4.69) is 27.0 Å². The van der Waals surface area contributed by atoms with Gasteiger partial charge in [-0.15, -0.1) is 0 Å². The number of hydrogen-bond donors (Lipinski definition) is 2. The number of aromatic nitrogens is 3. The minimum atomic E-state index is 0.468. The lowest BCUT2D eigenvalue weighted by Crippen LogP contribution is -2.29. The van der Waals surface area contributed by atoms with Gasteiger partial charge in [-0.1, -0.05) is 6.92 Å². The number of nitrogens with zero attached hydrogens (tertiary/aromatic N) is 3. The number of aryl methyl sites for hydroxylation is 1. The van der Waals surface area contributed by atoms with Crippen molar-refractivity contribution in [3.05, 3.63) is 5.82 Å². The minimum absolute atomic E-state index is 0.468. The minimum Gasteiger partial charge on any atom is -0.354 e. The van der Waals surface area contributed by atoms with Crippen molar-refractivity contribution < 1.29 is 0 Å². The summed E-state index contributed by atoms with van der Waals surface area (Å²) in [6.07, 6.45) is 5.68. The smallest absolute Gasteiger partial charge is 0.221 e. The van der Waals surface area contributed by atoms with Crippen molar-refractivity contribution in [2.75, 3.05) is 18.4 Å². The van der Waals surface area contributed by atoms with Gasteiger partial charge in [0.1, 0.15) is 0 Å². The second-order valence-corrected chi connectivity index (χ2v) is 5.57. The van der Waals surface area contributed by atoms with Gasteiger partial charge in [-0.05, 0) is 37.6 Å². The van der Waals surface area contributed by atoms with Crippen LogP contribution in [0.3, 0.4) is 0 Å². The zero-order valence-corrected chi connectivity index (χ0v) is 10.4. The van der Waals surface area contributed by atoms with Crippen LogP contribution >= 0.6 is 0 Å². The maximum atomic E-state index is 5.53. The summed E-state index contributed by atoms with van der Waals surface area (Å²) in [6.45, 7) is 4.10. The van der Waals surface area contributed by atoms with E-state index in [1.165, 1.54) is 19.3 Å². The van der Waals surface area contributed by atoms with Gasteiger partial charge in [0.25, 0.3) is 0 Å². The van der Waals surface area contributed by atoms with Gasteiger partial charge in [0, 0.05) is 13.0 Å². The predicted octanol–water partition coefficient (Wildman–Crippen LogP) is 1.33. The molecule has 1 unspecified atom stereocenters. The molecule has 1 aromatic rings. The molecule has 2 aliphatic rings. The van der Waals surface area contributed by atoms with Gasteiger partial charge in [0.15, 0.2) is 5.82 Å². The zero-order chi connectivity index (χ0) is 11.9. The summed E-state index contributed by atoms with van der Waals surface area (Å²) in [6, 6.07) is 0.540. The first kappa shape index (κ1) is 11.0. The molecule has 5 heteroatoms. The Morgan fingerprint density at radius 1 is 1.53 bits per heavy atom. The predicted molar refractivity (Wildman–Crippen MR) is 66.9 cm³/mol. The van der Waals surface area contributed by atoms with Gasteiger partial charge in [-0.3, -0.25) is 0 Å². The highest BCUT2D eigenvalue weighted by atomic mass is 15.4. The standard InChI is InChI=1S/C12H21N5/c1-12(5-6-12)9-4-8-14-11-15-10(3-2-7-13)16-17(9)11/h9H,2-8,13H2,1H3,(H,14,15,16). The lowest BCUT2D eigenvalue weighted by molar-refractivity contribution is 0.283. The summed E-state index contributed by atoms with van der Waals surface area (Å²) < 4.78 is 2.13. The van der Waals surface area contributed by atoms with Crippen LogP contribution in [-0.2, 0) is 6.42 Å². The topological polar surface area (TPSA) is 68.8 Å². The van der Waals surface area contributed by atoms with E-state index in [0.717, 1.165) is 31.2 Å². The van der Waals surface area contributed by atoms with Crippen LogP contribution in [0.25, 0.3) is 0 Å². The summed E-state index contributed by atoms with van der Waals surface area (Å²) in [5.41, 5.74) is 6.00. The Morgan fingerprint density at radius 3 is 3.06 bits per heavy atom. The highest BCUT2D eigenvalue weighted by Crippen LogP contribution is 2.55. The number of anilines is 1. The van der Waals surface area contributed by atoms with Gasteiger partial charge in [-0.25, -0.2) is 4.68 Å². The van der Waals surface area contributed by atoms with E-state index in [1.807, 2.05) is 0 Å². The summed E-state index contributed by atoms with van der Waals surface area (Å²) in [5, 5.41) is 8.01. The van der Waals surface area contributed by atoms with E-state index < -0.39 is 0 Å². The quantitative estimate of drug-likeness (QED) is 0.826. The fourth-order valence-corrected chi connectivity index (χ4v) is 2.69. The Morgan fingerprint density at radius 2 is 2.35 bits per heavy atom. The van der Waals surface area contributed by atoms with Gasteiger partial charge < -0.3 is 11.1 Å². The fraction of sp³-hybridized carbons (Fsp3) is 0.833. The highest BCUT2D eigenvalue weighted by molar-refractivity contribution is 5.29. The van der Waals surface area contributed by atoms with Crippen molar-refractivity contribution in [2.24, 2.45) is 11.1 Å². The molecule has 0 aromatic carbocycles. The average Bonchev–Trinajstić information content (AvgIpc) is 2.94. The molecule has 1 aromatic heterocycles. The first-order chi connectivity index (χ1) is 8.23. The van der Waals surface area contributed by atoms with Crippen molar-refractivity contribution >= 4 is 5.95 Å². The molecule has 3 rings (SSSR count). The van der Waals surface area contributed by atoms with Crippen LogP contribution in [0.5, 0.6) is 0 Å². The SMILES string of the molecule is CC1(C2CCNc3nc(CCCN)nn32)CC1. The monoisotopic (exact) mass is 235 g/mol. The molecule has 0 amide bonds. The molecule has 0 bridgehead atoms. The molecule has 5 nitrogen and oxygen atoms in total. The first-order valence-electron chi connectivity index (χ1n) is 6.62. The van der Waals surface area contributed by atoms with Crippen molar-refractivity contribution in [1.29, 1.82) is 0 Å². The normalized spacial score (nSPS) is 25.2. The molecule has 1 atom stereocenters. The zero-order valence-electron chi connectivity index (χ0n) is 10.4. The molecule has 3 N–H and O–H groups in total. The highest BCUT2D eigenvalue weighted by Gasteiger charge is 2.47. The fourth-order valence-electron chi connectivity index (χ4n) is 2.69. The van der Waals surface area contributed by atoms with Gasteiger partial charge >= 0.3 is 0 Å². The molecule has 0 radical (unpaired) electrons. The molecule has 1 fully saturated rings. The van der Waals surface area contributed by atoms with E-state index in [9.17, 15) is 0 Å². The van der Waals surface area contributed by atoms with Crippen LogP contribution in [0.2, 0.25) is 0 Å². The third-order valence-electron chi connectivity index (χ3n) is 4.12. The first-order valence-corrected chi connectivity index (χ1v) is 6.62. The maximum Gasteiger partial charge on any atom is 0.221 e. The Bertz CT molecular complexity index is 407. The third-order valence-corrected chi connectivity index (χ3v) is 4.12. The number of rotatable bonds is 4. The maximum absolute atomic E-state index is 5.53. The third kappa shape index (κ3) is 1.92. The van der Waals surface area contributed by atoms with Crippen molar-refractivity contribution in [1.82, 2.24) is 14.8 Å². The number of nitrogens with one attached hydrogen (secondary N) is 1. The molecular formula is C12H21N5. The molecule has 17 heavy (non-hydrogen) atoms. The lowest BCUT2D eigenvalue weighted by atomic mass is 9.95. The van der Waals surface area contributed by atoms with Gasteiger partial charge in [0.2, 0.25) is 5.95 Å². The molecular weight excluding hydrogens is 214 g/mol. The van der Waals surface area contributed by atoms with Crippen LogP contribution in [0.4, 0.5) is 5.95 Å². The summed E-state index contributed by atoms with van der Waals surface area (Å²) >= 11 is 0. The van der Waals surface area contributed by atoms with Crippen LogP contribution < -0.4 is 11.1 Å². The molecule has 0 spiro atoms. The summed E-state index contributed by atoms with van der Waals surface area (Å²) in [7, 11) is 0. The second-order valence-electron chi connectivity index (χ2n) is 5.57. The molecule has 1 saturated carbocycles. The summed E-state index contributed by atoms with van der Waals surface area (Å²) in [5.74, 6) is 1.90. The van der Waals surface area contributed by atoms with E-state index >= 15 is 0 Å². The second kappa shape index (κ2) is 3.98. The molecule has 2 heterocycles. The number of hydrogen-bond acceptors (Lipinski definition) is 4. The summed E-state index contributed by atoms with van der Waals surface area (Å²) in [4.78, 5) is 4.57. The Labute approximate surface area is 102 Å². The number of nitrogens with two attached hydrogens (primary N) is 1. The van der Waals surface area contributed by atoms with E-state index in [4.69, 9.17) is 5.73 Å². The average molecular weight is 235 g/mol. The molecule has 1 aliphatic carbocycles.